The number of aromatic nitrogens is 1. The fourth-order valence-electron chi connectivity index (χ4n) is 4.45. The summed E-state index contributed by atoms with van der Waals surface area (Å²) in [4.78, 5) is 23.1. The van der Waals surface area contributed by atoms with Crippen LogP contribution in [0.15, 0.2) is 109 Å². The van der Waals surface area contributed by atoms with Crippen LogP contribution in [-0.4, -0.2) is 31.9 Å². The number of rotatable bonds is 2. The molecule has 0 saturated carbocycles. The van der Waals surface area contributed by atoms with Gasteiger partial charge in [0.05, 0.1) is 11.1 Å². The largest absolute Gasteiger partial charge is 0.508 e. The minimum atomic E-state index is -1.10. The van der Waals surface area contributed by atoms with Gasteiger partial charge in [-0.1, -0.05) is 60.7 Å². The molecular formula is C29H21NO6. The standard InChI is InChI=1S/C20H14O4.C9H7NO2/c21-15-9-5-13(6-10-15)20(14-7-11-16(22)12-8-14)18-4-2-1-3-17(18)19(23)24-20;11-9(12)10-6-5-7-3-1-2-4-8(7)10/h1-12,21-22H;1-6H,(H,11,12). The minimum Gasteiger partial charge on any atom is -0.508 e. The molecule has 0 atom stereocenters. The van der Waals surface area contributed by atoms with Crippen molar-refractivity contribution in [3.05, 3.63) is 132 Å². The lowest BCUT2D eigenvalue weighted by Gasteiger charge is -2.30. The van der Waals surface area contributed by atoms with Crippen LogP contribution in [0.3, 0.4) is 0 Å². The average Bonchev–Trinajstić information content (AvgIpc) is 3.46. The van der Waals surface area contributed by atoms with Crippen molar-refractivity contribution in [2.75, 3.05) is 0 Å². The van der Waals surface area contributed by atoms with Crippen LogP contribution >= 0.6 is 0 Å². The maximum atomic E-state index is 12.4. The number of carbonyl (C=O) groups excluding carboxylic acids is 1. The van der Waals surface area contributed by atoms with E-state index in [1.807, 2.05) is 30.3 Å². The maximum Gasteiger partial charge on any atom is 0.415 e. The highest BCUT2D eigenvalue weighted by atomic mass is 16.6. The lowest BCUT2D eigenvalue weighted by atomic mass is 9.80. The van der Waals surface area contributed by atoms with E-state index in [0.29, 0.717) is 5.56 Å². The van der Waals surface area contributed by atoms with Crippen molar-refractivity contribution in [3.63, 3.8) is 0 Å². The molecule has 1 aromatic heterocycles. The monoisotopic (exact) mass is 479 g/mol. The number of benzene rings is 4. The molecular weight excluding hydrogens is 458 g/mol. The smallest absolute Gasteiger partial charge is 0.415 e. The number of hydrogen-bond donors (Lipinski definition) is 3. The van der Waals surface area contributed by atoms with Gasteiger partial charge in [-0.25, -0.2) is 9.59 Å². The highest BCUT2D eigenvalue weighted by molar-refractivity contribution is 5.96. The molecule has 36 heavy (non-hydrogen) atoms. The molecule has 178 valence electrons. The number of phenols is 2. The molecule has 7 nitrogen and oxygen atoms in total. The van der Waals surface area contributed by atoms with Crippen molar-refractivity contribution >= 4 is 23.0 Å². The van der Waals surface area contributed by atoms with Gasteiger partial charge in [0.25, 0.3) is 0 Å². The molecule has 4 aromatic carbocycles. The summed E-state index contributed by atoms with van der Waals surface area (Å²) in [5.41, 5.74) is 2.33. The van der Waals surface area contributed by atoms with E-state index in [-0.39, 0.29) is 11.5 Å². The summed E-state index contributed by atoms with van der Waals surface area (Å²) in [7, 11) is 0. The van der Waals surface area contributed by atoms with Crippen molar-refractivity contribution < 1.29 is 29.6 Å². The Morgan fingerprint density at radius 2 is 1.28 bits per heavy atom. The molecule has 0 amide bonds. The van der Waals surface area contributed by atoms with Gasteiger partial charge in [-0.3, -0.25) is 4.57 Å². The second-order valence-electron chi connectivity index (χ2n) is 8.24. The Morgan fingerprint density at radius 3 is 1.89 bits per heavy atom. The Kier molecular flexibility index (Phi) is 5.66. The Balaban J connectivity index is 0.000000186. The van der Waals surface area contributed by atoms with Crippen molar-refractivity contribution in [1.82, 2.24) is 4.57 Å². The van der Waals surface area contributed by atoms with Crippen molar-refractivity contribution in [1.29, 1.82) is 0 Å². The number of cyclic esters (lactones) is 1. The predicted octanol–water partition coefficient (Wildman–Crippen LogP) is 5.73. The third-order valence-corrected chi connectivity index (χ3v) is 6.13. The molecule has 0 bridgehead atoms. The molecule has 7 heteroatoms. The summed E-state index contributed by atoms with van der Waals surface area (Å²) >= 11 is 0. The van der Waals surface area contributed by atoms with Gasteiger partial charge in [-0.2, -0.15) is 0 Å². The molecule has 0 radical (unpaired) electrons. The zero-order valence-electron chi connectivity index (χ0n) is 18.9. The zero-order chi connectivity index (χ0) is 25.3. The predicted molar refractivity (Wildman–Crippen MR) is 133 cm³/mol. The van der Waals surface area contributed by atoms with Gasteiger partial charge in [-0.05, 0) is 42.5 Å². The first-order valence-corrected chi connectivity index (χ1v) is 11.1. The number of hydrogen-bond acceptors (Lipinski definition) is 5. The highest BCUT2D eigenvalue weighted by Crippen LogP contribution is 2.47. The fraction of sp³-hybridized carbons (Fsp3) is 0.0345. The number of carbonyl (C=O) groups is 2. The molecule has 1 aliphatic rings. The van der Waals surface area contributed by atoms with Gasteiger partial charge < -0.3 is 20.1 Å². The normalized spacial score (nSPS) is 13.4. The third-order valence-electron chi connectivity index (χ3n) is 6.13. The topological polar surface area (TPSA) is 109 Å². The van der Waals surface area contributed by atoms with Gasteiger partial charge >= 0.3 is 12.1 Å². The van der Waals surface area contributed by atoms with Crippen LogP contribution in [0.1, 0.15) is 27.0 Å². The first kappa shape index (κ1) is 22.7. The molecule has 6 rings (SSSR count). The first-order chi connectivity index (χ1) is 17.4. The quantitative estimate of drug-likeness (QED) is 0.279. The van der Waals surface area contributed by atoms with E-state index >= 15 is 0 Å². The van der Waals surface area contributed by atoms with Gasteiger partial charge in [-0.15, -0.1) is 0 Å². The summed E-state index contributed by atoms with van der Waals surface area (Å²) in [6.07, 6.45) is 0.601. The summed E-state index contributed by atoms with van der Waals surface area (Å²) in [5.74, 6) is -0.124. The Morgan fingerprint density at radius 1 is 0.722 bits per heavy atom. The summed E-state index contributed by atoms with van der Waals surface area (Å²) < 4.78 is 7.07. The van der Waals surface area contributed by atoms with E-state index in [0.717, 1.165) is 27.6 Å². The molecule has 0 fully saturated rings. The fourth-order valence-corrected chi connectivity index (χ4v) is 4.45. The van der Waals surface area contributed by atoms with Crippen LogP contribution < -0.4 is 0 Å². The molecule has 0 aliphatic carbocycles. The summed E-state index contributed by atoms with van der Waals surface area (Å²) in [6.45, 7) is 0. The van der Waals surface area contributed by atoms with Crippen LogP contribution in [0, 0.1) is 0 Å². The van der Waals surface area contributed by atoms with Crippen molar-refractivity contribution in [2.45, 2.75) is 5.60 Å². The van der Waals surface area contributed by atoms with Crippen LogP contribution in [0.5, 0.6) is 11.5 Å². The lowest BCUT2D eigenvalue weighted by Crippen LogP contribution is -2.29. The SMILES string of the molecule is O=C(O)n1ccc2ccccc21.O=C1OC(c2ccc(O)cc2)(c2ccc(O)cc2)c2ccccc21. The molecule has 0 saturated heterocycles. The molecule has 3 N–H and O–H groups in total. The van der Waals surface area contributed by atoms with Gasteiger partial charge in [0.1, 0.15) is 11.5 Å². The highest BCUT2D eigenvalue weighted by Gasteiger charge is 2.48. The molecule has 1 aliphatic heterocycles. The molecule has 5 aromatic rings. The summed E-state index contributed by atoms with van der Waals surface area (Å²) in [6, 6.07) is 29.6. The van der Waals surface area contributed by atoms with Crippen molar-refractivity contribution in [3.8, 4) is 11.5 Å². The number of para-hydroxylation sites is 1. The Hall–Kier alpha value is -5.04. The number of esters is 1. The van der Waals surface area contributed by atoms with E-state index in [1.165, 1.54) is 4.57 Å². The third kappa shape index (κ3) is 3.82. The van der Waals surface area contributed by atoms with Crippen LogP contribution in [0.4, 0.5) is 4.79 Å². The van der Waals surface area contributed by atoms with Crippen LogP contribution in [0.2, 0.25) is 0 Å². The number of aromatic hydroxyl groups is 2. The second kappa shape index (κ2) is 8.96. The molecule has 0 spiro atoms. The Bertz CT molecular complexity index is 1520. The minimum absolute atomic E-state index is 0.136. The van der Waals surface area contributed by atoms with Crippen LogP contribution in [0.25, 0.3) is 10.9 Å². The first-order valence-electron chi connectivity index (χ1n) is 11.1. The summed E-state index contributed by atoms with van der Waals surface area (Å²) in [5, 5.41) is 28.9. The van der Waals surface area contributed by atoms with Gasteiger partial charge in [0.2, 0.25) is 0 Å². The second-order valence-corrected chi connectivity index (χ2v) is 8.24. The number of phenolic OH excluding ortho intramolecular Hbond substituents is 2. The number of carboxylic acid groups (broad SMARTS) is 1. The molecule has 2 heterocycles. The zero-order valence-corrected chi connectivity index (χ0v) is 18.9. The molecule has 0 unspecified atom stereocenters. The van der Waals surface area contributed by atoms with Crippen LogP contribution in [-0.2, 0) is 10.3 Å². The number of fused-ring (bicyclic) bond motifs is 2. The number of nitrogens with zero attached hydrogens (tertiary/aromatic N) is 1. The van der Waals surface area contributed by atoms with E-state index in [2.05, 4.69) is 0 Å². The lowest BCUT2D eigenvalue weighted by molar-refractivity contribution is 0.0251. The van der Waals surface area contributed by atoms with Gasteiger partial charge in [0.15, 0.2) is 5.60 Å². The van der Waals surface area contributed by atoms with E-state index in [4.69, 9.17) is 9.84 Å². The van der Waals surface area contributed by atoms with Gasteiger partial charge in [0, 0.05) is 28.3 Å². The van der Waals surface area contributed by atoms with E-state index in [9.17, 15) is 19.8 Å². The Labute approximate surface area is 206 Å². The van der Waals surface area contributed by atoms with Crippen molar-refractivity contribution in [2.24, 2.45) is 0 Å². The average molecular weight is 479 g/mol. The van der Waals surface area contributed by atoms with E-state index < -0.39 is 17.7 Å². The number of ether oxygens (including phenoxy) is 1. The maximum absolute atomic E-state index is 12.4. The van der Waals surface area contributed by atoms with E-state index in [1.54, 1.807) is 79.0 Å².